The fourth-order valence-corrected chi connectivity index (χ4v) is 16.0. The van der Waals surface area contributed by atoms with Gasteiger partial charge < -0.3 is 0 Å². The fraction of sp³-hybridized carbons (Fsp3) is 0.323. The molecule has 66 heavy (non-hydrogen) atoms. The van der Waals surface area contributed by atoms with Gasteiger partial charge in [-0.1, -0.05) is 127 Å². The fourth-order valence-electron chi connectivity index (χ4n) is 16.0. The third-order valence-corrected chi connectivity index (χ3v) is 17.9. The average Bonchev–Trinajstić information content (AvgIpc) is 3.35. The molecular formula is C62H54N4. The summed E-state index contributed by atoms with van der Waals surface area (Å²) in [7, 11) is 0. The Balaban J connectivity index is 0.924. The Morgan fingerprint density at radius 1 is 0.379 bits per heavy atom. The first-order chi connectivity index (χ1) is 32.5. The first-order valence-corrected chi connectivity index (χ1v) is 25.0. The summed E-state index contributed by atoms with van der Waals surface area (Å²) >= 11 is 0. The van der Waals surface area contributed by atoms with E-state index >= 15 is 0 Å². The molecule has 0 atom stereocenters. The molecule has 4 nitrogen and oxygen atoms in total. The van der Waals surface area contributed by atoms with Crippen LogP contribution in [0.2, 0.25) is 0 Å². The summed E-state index contributed by atoms with van der Waals surface area (Å²) < 4.78 is 0. The van der Waals surface area contributed by atoms with E-state index in [1.54, 1.807) is 5.56 Å². The maximum Gasteiger partial charge on any atom is 0.164 e. The normalized spacial score (nSPS) is 28.0. The summed E-state index contributed by atoms with van der Waals surface area (Å²) in [6.07, 6.45) is 16.7. The first kappa shape index (κ1) is 38.8. The van der Waals surface area contributed by atoms with Gasteiger partial charge in [0.25, 0.3) is 0 Å². The van der Waals surface area contributed by atoms with Crippen molar-refractivity contribution >= 4 is 21.5 Å². The van der Waals surface area contributed by atoms with Crippen LogP contribution >= 0.6 is 0 Å². The Morgan fingerprint density at radius 3 is 1.48 bits per heavy atom. The molecule has 8 fully saturated rings. The van der Waals surface area contributed by atoms with E-state index in [0.717, 1.165) is 79.7 Å². The second-order valence-corrected chi connectivity index (χ2v) is 21.9. The van der Waals surface area contributed by atoms with Crippen LogP contribution in [0.3, 0.4) is 0 Å². The van der Waals surface area contributed by atoms with Crippen LogP contribution in [0.15, 0.2) is 146 Å². The minimum absolute atomic E-state index is 0.298. The Labute approximate surface area is 388 Å². The van der Waals surface area contributed by atoms with E-state index in [4.69, 9.17) is 15.0 Å². The van der Waals surface area contributed by atoms with E-state index < -0.39 is 0 Å². The first-order valence-electron chi connectivity index (χ1n) is 25.0. The number of hydrogen-bond acceptors (Lipinski definition) is 4. The smallest absolute Gasteiger partial charge is 0.164 e. The van der Waals surface area contributed by atoms with Crippen LogP contribution < -0.4 is 0 Å². The molecule has 0 unspecified atom stereocenters. The highest BCUT2D eigenvalue weighted by molar-refractivity contribution is 6.05. The molecule has 0 N–H and O–H groups in total. The van der Waals surface area contributed by atoms with Crippen molar-refractivity contribution < 1.29 is 0 Å². The maximum atomic E-state index is 9.77. The van der Waals surface area contributed by atoms with E-state index in [2.05, 4.69) is 133 Å². The molecule has 16 rings (SSSR count). The molecule has 0 radical (unpaired) electrons. The highest BCUT2D eigenvalue weighted by Gasteiger charge is 2.53. The van der Waals surface area contributed by atoms with Gasteiger partial charge in [-0.2, -0.15) is 5.26 Å². The van der Waals surface area contributed by atoms with Crippen molar-refractivity contribution in [2.45, 2.75) is 87.9 Å². The van der Waals surface area contributed by atoms with Gasteiger partial charge in [0.15, 0.2) is 17.5 Å². The quantitative estimate of drug-likeness (QED) is 0.160. The Kier molecular flexibility index (Phi) is 8.69. The summed E-state index contributed by atoms with van der Waals surface area (Å²) in [6, 6.07) is 55.4. The molecule has 8 aliphatic carbocycles. The van der Waals surface area contributed by atoms with E-state index in [0.29, 0.717) is 33.9 Å². The number of hydrogen-bond donors (Lipinski definition) is 0. The lowest BCUT2D eigenvalue weighted by Crippen LogP contribution is -2.48. The van der Waals surface area contributed by atoms with Crippen molar-refractivity contribution in [1.29, 1.82) is 5.26 Å². The monoisotopic (exact) mass is 854 g/mol. The van der Waals surface area contributed by atoms with Crippen LogP contribution in [0.5, 0.6) is 0 Å². The molecule has 1 heterocycles. The molecule has 8 saturated carbocycles. The number of nitrogens with zero attached hydrogens (tertiary/aromatic N) is 4. The lowest BCUT2D eigenvalue weighted by atomic mass is 9.47. The van der Waals surface area contributed by atoms with Crippen molar-refractivity contribution in [2.24, 2.45) is 35.5 Å². The lowest BCUT2D eigenvalue weighted by Gasteiger charge is -2.57. The molecule has 7 aromatic carbocycles. The molecule has 322 valence electrons. The van der Waals surface area contributed by atoms with Gasteiger partial charge in [0, 0.05) is 16.7 Å². The lowest BCUT2D eigenvalue weighted by molar-refractivity contribution is -0.00520. The largest absolute Gasteiger partial charge is 0.208 e. The Hall–Kier alpha value is -6.44. The molecule has 0 amide bonds. The van der Waals surface area contributed by atoms with E-state index in [-0.39, 0.29) is 0 Å². The molecule has 8 bridgehead atoms. The van der Waals surface area contributed by atoms with Crippen LogP contribution in [0.25, 0.3) is 78.0 Å². The van der Waals surface area contributed by atoms with Crippen molar-refractivity contribution in [3.8, 4) is 62.5 Å². The Morgan fingerprint density at radius 2 is 0.864 bits per heavy atom. The van der Waals surface area contributed by atoms with E-state index in [1.165, 1.54) is 98.9 Å². The zero-order chi connectivity index (χ0) is 43.6. The minimum atomic E-state index is 0.298. The third-order valence-electron chi connectivity index (χ3n) is 17.9. The van der Waals surface area contributed by atoms with Gasteiger partial charge >= 0.3 is 0 Å². The van der Waals surface area contributed by atoms with Gasteiger partial charge in [-0.05, 0) is 197 Å². The summed E-state index contributed by atoms with van der Waals surface area (Å²) in [5.41, 5.74) is 11.8. The average molecular weight is 855 g/mol. The van der Waals surface area contributed by atoms with E-state index in [9.17, 15) is 5.26 Å². The minimum Gasteiger partial charge on any atom is -0.208 e. The topological polar surface area (TPSA) is 62.5 Å². The van der Waals surface area contributed by atoms with Crippen LogP contribution in [0, 0.1) is 46.8 Å². The zero-order valence-corrected chi connectivity index (χ0v) is 37.6. The molecule has 8 aliphatic rings. The van der Waals surface area contributed by atoms with Crippen LogP contribution in [-0.4, -0.2) is 15.0 Å². The van der Waals surface area contributed by atoms with Gasteiger partial charge in [0.1, 0.15) is 0 Å². The number of nitriles is 1. The van der Waals surface area contributed by atoms with Crippen molar-refractivity contribution in [3.05, 3.63) is 162 Å². The van der Waals surface area contributed by atoms with Gasteiger partial charge in [-0.15, -0.1) is 0 Å². The number of rotatable bonds is 7. The number of benzene rings is 7. The second-order valence-electron chi connectivity index (χ2n) is 21.9. The number of fused-ring (bicyclic) bond motifs is 2. The molecule has 0 spiro atoms. The SMILES string of the molecule is N#Cc1cccc(-c2ccc(-c3nc(-c4ccc(C56CC7CC(CC(C7)C5)C6)cc4)nc(-c4ccccc4-c4ccc(C56CC7CC(CC(C7)C5)C6)c5ccccc45)n3)c3ccccc23)c1. The summed E-state index contributed by atoms with van der Waals surface area (Å²) in [5.74, 6) is 7.38. The zero-order valence-electron chi connectivity index (χ0n) is 37.6. The summed E-state index contributed by atoms with van der Waals surface area (Å²) in [6.45, 7) is 0. The Bertz CT molecular complexity index is 3230. The van der Waals surface area contributed by atoms with Gasteiger partial charge in [-0.25, -0.2) is 15.0 Å². The number of aromatic nitrogens is 3. The van der Waals surface area contributed by atoms with Gasteiger partial charge in [0.2, 0.25) is 0 Å². The predicted octanol–water partition coefficient (Wildman–Crippen LogP) is 15.3. The molecule has 8 aromatic rings. The highest BCUT2D eigenvalue weighted by atomic mass is 15.0. The predicted molar refractivity (Wildman–Crippen MR) is 266 cm³/mol. The molecule has 4 heteroatoms. The van der Waals surface area contributed by atoms with E-state index in [1.807, 2.05) is 18.2 Å². The van der Waals surface area contributed by atoms with Crippen molar-refractivity contribution in [3.63, 3.8) is 0 Å². The standard InChI is InChI=1S/C62H54N4/c63-37-38-8-7-9-46(30-38)48-20-21-56(51-12-2-1-10-49(48)51)60-65-58(45-16-18-47(19-17-45)61-31-39-24-40(32-61)26-41(25-39)33-61)64-59(66-60)55-15-6-4-13-52(55)53-22-23-57(54-14-5-3-11-50(53)54)62-34-42-27-43(35-62)29-44(28-42)36-62/h1-23,30,39-44H,24-29,31-36H2. The summed E-state index contributed by atoms with van der Waals surface area (Å²) in [5, 5.41) is 14.7. The summed E-state index contributed by atoms with van der Waals surface area (Å²) in [4.78, 5) is 16.3. The van der Waals surface area contributed by atoms with Crippen molar-refractivity contribution in [2.75, 3.05) is 0 Å². The van der Waals surface area contributed by atoms with Crippen LogP contribution in [0.4, 0.5) is 0 Å². The van der Waals surface area contributed by atoms with Crippen molar-refractivity contribution in [1.82, 2.24) is 15.0 Å². The highest BCUT2D eigenvalue weighted by Crippen LogP contribution is 2.63. The van der Waals surface area contributed by atoms with Crippen LogP contribution in [0.1, 0.15) is 93.7 Å². The molecule has 0 saturated heterocycles. The maximum absolute atomic E-state index is 9.77. The van der Waals surface area contributed by atoms with Gasteiger partial charge in [-0.3, -0.25) is 0 Å². The third kappa shape index (κ3) is 6.18. The molecular weight excluding hydrogens is 801 g/mol. The molecule has 1 aromatic heterocycles. The molecule has 0 aliphatic heterocycles. The van der Waals surface area contributed by atoms with Gasteiger partial charge in [0.05, 0.1) is 11.6 Å². The van der Waals surface area contributed by atoms with Crippen LogP contribution in [-0.2, 0) is 10.8 Å². The second kappa shape index (κ2) is 14.8.